The zero-order valence-electron chi connectivity index (χ0n) is 17.2. The van der Waals surface area contributed by atoms with Gasteiger partial charge in [0.05, 0.1) is 6.54 Å². The first-order valence-electron chi connectivity index (χ1n) is 10.5. The van der Waals surface area contributed by atoms with Gasteiger partial charge in [-0.2, -0.15) is 0 Å². The molecule has 156 valence electrons. The van der Waals surface area contributed by atoms with Gasteiger partial charge in [0.15, 0.2) is 0 Å². The van der Waals surface area contributed by atoms with Gasteiger partial charge in [-0.1, -0.05) is 18.0 Å². The first-order valence-corrected chi connectivity index (χ1v) is 10.9. The maximum absolute atomic E-state index is 12.7. The molecule has 1 aromatic rings. The third-order valence-electron chi connectivity index (χ3n) is 5.99. The molecule has 1 N–H and O–H groups in total. The van der Waals surface area contributed by atoms with Crippen LogP contribution in [-0.2, 0) is 4.79 Å². The van der Waals surface area contributed by atoms with Crippen LogP contribution in [0.15, 0.2) is 12.1 Å². The summed E-state index contributed by atoms with van der Waals surface area (Å²) in [4.78, 5) is 16.9. The number of hydrogen-bond acceptors (Lipinski definition) is 4. The Morgan fingerprint density at radius 1 is 1.07 bits per heavy atom. The predicted molar refractivity (Wildman–Crippen MR) is 112 cm³/mol. The Labute approximate surface area is 173 Å². The van der Waals surface area contributed by atoms with E-state index in [1.165, 1.54) is 19.3 Å². The van der Waals surface area contributed by atoms with Crippen molar-refractivity contribution in [3.05, 3.63) is 28.3 Å². The molecule has 1 atom stereocenters. The number of halogens is 1. The Hall–Kier alpha value is -1.30. The van der Waals surface area contributed by atoms with Crippen molar-refractivity contribution in [1.29, 1.82) is 0 Å². The number of hydrogen-bond donors (Lipinski definition) is 1. The number of likely N-dealkylation sites (tertiary alicyclic amines) is 2. The van der Waals surface area contributed by atoms with Gasteiger partial charge in [-0.05, 0) is 82.3 Å². The summed E-state index contributed by atoms with van der Waals surface area (Å²) in [6, 6.07) is 3.81. The second kappa shape index (κ2) is 9.47. The molecule has 6 heteroatoms. The first kappa shape index (κ1) is 21.4. The van der Waals surface area contributed by atoms with Crippen LogP contribution in [0.5, 0.6) is 5.75 Å². The van der Waals surface area contributed by atoms with E-state index < -0.39 is 5.60 Å². The van der Waals surface area contributed by atoms with E-state index in [2.05, 4.69) is 4.90 Å². The number of amides is 1. The molecule has 1 unspecified atom stereocenters. The van der Waals surface area contributed by atoms with E-state index in [0.717, 1.165) is 41.4 Å². The van der Waals surface area contributed by atoms with E-state index in [9.17, 15) is 9.90 Å². The maximum atomic E-state index is 12.7. The van der Waals surface area contributed by atoms with Gasteiger partial charge in [0.25, 0.3) is 0 Å². The molecule has 1 aromatic carbocycles. The van der Waals surface area contributed by atoms with Crippen LogP contribution in [0.2, 0.25) is 5.02 Å². The lowest BCUT2D eigenvalue weighted by atomic mass is 9.96. The standard InChI is InChI=1S/C22H33ClN2O3/c1-17-13-19(14-18(2)21(17)23)28-16-22(27)7-6-11-25(12-8-22)20(26)15-24-9-4-3-5-10-24/h13-14,27H,3-12,15-16H2,1-2H3. The molecule has 0 saturated carbocycles. The van der Waals surface area contributed by atoms with Crippen molar-refractivity contribution in [2.45, 2.75) is 58.0 Å². The normalized spacial score (nSPS) is 24.1. The van der Waals surface area contributed by atoms with Crippen molar-refractivity contribution in [3.63, 3.8) is 0 Å². The molecule has 0 aliphatic carbocycles. The van der Waals surface area contributed by atoms with Crippen molar-refractivity contribution in [3.8, 4) is 5.75 Å². The van der Waals surface area contributed by atoms with E-state index in [1.54, 1.807) is 0 Å². The lowest BCUT2D eigenvalue weighted by molar-refractivity contribution is -0.132. The minimum Gasteiger partial charge on any atom is -0.491 e. The molecular formula is C22H33ClN2O3. The molecule has 1 amide bonds. The van der Waals surface area contributed by atoms with Gasteiger partial charge >= 0.3 is 0 Å². The summed E-state index contributed by atoms with van der Waals surface area (Å²) in [6.45, 7) is 8.01. The van der Waals surface area contributed by atoms with Gasteiger partial charge in [0, 0.05) is 18.1 Å². The molecule has 2 saturated heterocycles. The molecule has 0 bridgehead atoms. The highest BCUT2D eigenvalue weighted by Gasteiger charge is 2.32. The van der Waals surface area contributed by atoms with E-state index in [4.69, 9.17) is 16.3 Å². The molecule has 2 heterocycles. The second-order valence-electron chi connectivity index (χ2n) is 8.46. The third-order valence-corrected chi connectivity index (χ3v) is 6.59. The molecule has 2 aliphatic heterocycles. The Bertz CT molecular complexity index is 667. The highest BCUT2D eigenvalue weighted by molar-refractivity contribution is 6.32. The monoisotopic (exact) mass is 408 g/mol. The van der Waals surface area contributed by atoms with Gasteiger partial charge in [0.2, 0.25) is 5.91 Å². The van der Waals surface area contributed by atoms with Crippen molar-refractivity contribution in [1.82, 2.24) is 9.80 Å². The number of carbonyl (C=O) groups is 1. The maximum Gasteiger partial charge on any atom is 0.236 e. The first-order chi connectivity index (χ1) is 13.4. The Kier molecular flexibility index (Phi) is 7.24. The number of carbonyl (C=O) groups excluding carboxylic acids is 1. The molecule has 3 rings (SSSR count). The number of piperidine rings is 1. The summed E-state index contributed by atoms with van der Waals surface area (Å²) in [5, 5.41) is 11.8. The number of benzene rings is 1. The lowest BCUT2D eigenvalue weighted by Crippen LogP contribution is -2.43. The van der Waals surface area contributed by atoms with Crippen LogP contribution < -0.4 is 4.74 Å². The van der Waals surface area contributed by atoms with Gasteiger partial charge in [-0.3, -0.25) is 9.69 Å². The molecule has 5 nitrogen and oxygen atoms in total. The molecule has 2 aliphatic rings. The van der Waals surface area contributed by atoms with Gasteiger partial charge in [-0.15, -0.1) is 0 Å². The van der Waals surface area contributed by atoms with Crippen LogP contribution in [0, 0.1) is 13.8 Å². The highest BCUT2D eigenvalue weighted by Crippen LogP contribution is 2.28. The average molecular weight is 409 g/mol. The molecule has 28 heavy (non-hydrogen) atoms. The molecule has 2 fully saturated rings. The highest BCUT2D eigenvalue weighted by atomic mass is 35.5. The summed E-state index contributed by atoms with van der Waals surface area (Å²) in [7, 11) is 0. The zero-order valence-corrected chi connectivity index (χ0v) is 17.9. The fraction of sp³-hybridized carbons (Fsp3) is 0.682. The van der Waals surface area contributed by atoms with Crippen molar-refractivity contribution < 1.29 is 14.6 Å². The summed E-state index contributed by atoms with van der Waals surface area (Å²) in [6.07, 6.45) is 5.64. The number of ether oxygens (including phenoxy) is 1. The van der Waals surface area contributed by atoms with E-state index in [0.29, 0.717) is 32.5 Å². The van der Waals surface area contributed by atoms with Crippen LogP contribution in [0.4, 0.5) is 0 Å². The SMILES string of the molecule is Cc1cc(OCC2(O)CCCN(C(=O)CN3CCCCC3)CC2)cc(C)c1Cl. The van der Waals surface area contributed by atoms with Crippen molar-refractivity contribution in [2.24, 2.45) is 0 Å². The van der Waals surface area contributed by atoms with Crippen LogP contribution in [-0.4, -0.2) is 65.7 Å². The summed E-state index contributed by atoms with van der Waals surface area (Å²) < 4.78 is 5.92. The average Bonchev–Trinajstić information content (AvgIpc) is 2.87. The fourth-order valence-corrected chi connectivity index (χ4v) is 4.30. The number of nitrogens with zero attached hydrogens (tertiary/aromatic N) is 2. The Balaban J connectivity index is 1.52. The van der Waals surface area contributed by atoms with Gasteiger partial charge in [0.1, 0.15) is 18.0 Å². The summed E-state index contributed by atoms with van der Waals surface area (Å²) in [5.41, 5.74) is 1.04. The van der Waals surface area contributed by atoms with Crippen LogP contribution >= 0.6 is 11.6 Å². The Morgan fingerprint density at radius 2 is 1.75 bits per heavy atom. The van der Waals surface area contributed by atoms with Crippen LogP contribution in [0.1, 0.15) is 49.7 Å². The van der Waals surface area contributed by atoms with Gasteiger partial charge in [-0.25, -0.2) is 0 Å². The van der Waals surface area contributed by atoms with E-state index in [1.807, 2.05) is 30.9 Å². The zero-order chi connectivity index (χ0) is 20.1. The topological polar surface area (TPSA) is 53.0 Å². The molecular weight excluding hydrogens is 376 g/mol. The van der Waals surface area contributed by atoms with E-state index >= 15 is 0 Å². The second-order valence-corrected chi connectivity index (χ2v) is 8.83. The summed E-state index contributed by atoms with van der Waals surface area (Å²) >= 11 is 6.22. The predicted octanol–water partition coefficient (Wildman–Crippen LogP) is 3.57. The fourth-order valence-electron chi connectivity index (χ4n) is 4.19. The van der Waals surface area contributed by atoms with Crippen molar-refractivity contribution in [2.75, 3.05) is 39.3 Å². The lowest BCUT2D eigenvalue weighted by Gasteiger charge is -2.30. The van der Waals surface area contributed by atoms with Crippen LogP contribution in [0.25, 0.3) is 0 Å². The Morgan fingerprint density at radius 3 is 2.43 bits per heavy atom. The molecule has 0 spiro atoms. The minimum absolute atomic E-state index is 0.191. The largest absolute Gasteiger partial charge is 0.491 e. The smallest absolute Gasteiger partial charge is 0.236 e. The van der Waals surface area contributed by atoms with Crippen molar-refractivity contribution >= 4 is 17.5 Å². The van der Waals surface area contributed by atoms with E-state index in [-0.39, 0.29) is 12.5 Å². The number of aryl methyl sites for hydroxylation is 2. The quantitative estimate of drug-likeness (QED) is 0.809. The third kappa shape index (κ3) is 5.62. The molecule has 0 radical (unpaired) electrons. The van der Waals surface area contributed by atoms with Crippen LogP contribution in [0.3, 0.4) is 0 Å². The number of aliphatic hydroxyl groups is 1. The minimum atomic E-state index is -0.901. The number of rotatable bonds is 5. The van der Waals surface area contributed by atoms with Gasteiger partial charge < -0.3 is 14.7 Å². The summed E-state index contributed by atoms with van der Waals surface area (Å²) in [5.74, 6) is 0.922. The molecule has 0 aromatic heterocycles.